The standard InChI is InChI=1S/C10H15NS.ClH/c1-8(11-2)10(12)9-6-4-3-5-7-9;/h3-8,10-12H,1-2H3;1H. The van der Waals surface area contributed by atoms with Gasteiger partial charge in [-0.15, -0.1) is 12.4 Å². The Balaban J connectivity index is 0.00000144. The molecule has 74 valence electrons. The van der Waals surface area contributed by atoms with Crippen molar-refractivity contribution in [2.24, 2.45) is 0 Å². The van der Waals surface area contributed by atoms with Crippen LogP contribution in [0.4, 0.5) is 0 Å². The van der Waals surface area contributed by atoms with E-state index in [1.54, 1.807) is 0 Å². The zero-order valence-corrected chi connectivity index (χ0v) is 9.61. The van der Waals surface area contributed by atoms with Crippen molar-refractivity contribution in [3.63, 3.8) is 0 Å². The van der Waals surface area contributed by atoms with Gasteiger partial charge in [0.15, 0.2) is 0 Å². The first kappa shape index (κ1) is 12.8. The average molecular weight is 218 g/mol. The second-order valence-corrected chi connectivity index (χ2v) is 3.49. The van der Waals surface area contributed by atoms with Crippen molar-refractivity contribution >= 4 is 25.0 Å². The van der Waals surface area contributed by atoms with Crippen LogP contribution in [0, 0.1) is 0 Å². The lowest BCUT2D eigenvalue weighted by Crippen LogP contribution is -2.25. The molecule has 0 aliphatic heterocycles. The van der Waals surface area contributed by atoms with Crippen LogP contribution in [0.2, 0.25) is 0 Å². The number of benzene rings is 1. The van der Waals surface area contributed by atoms with Crippen LogP contribution in [0.15, 0.2) is 30.3 Å². The van der Waals surface area contributed by atoms with Gasteiger partial charge in [0.1, 0.15) is 0 Å². The van der Waals surface area contributed by atoms with E-state index in [0.717, 1.165) is 0 Å². The maximum Gasteiger partial charge on any atom is 0.0417 e. The van der Waals surface area contributed by atoms with Crippen LogP contribution >= 0.6 is 25.0 Å². The number of thiol groups is 1. The summed E-state index contributed by atoms with van der Waals surface area (Å²) >= 11 is 4.53. The van der Waals surface area contributed by atoms with E-state index in [2.05, 4.69) is 37.0 Å². The predicted molar refractivity (Wildman–Crippen MR) is 63.9 cm³/mol. The predicted octanol–water partition coefficient (Wildman–Crippen LogP) is 2.69. The summed E-state index contributed by atoms with van der Waals surface area (Å²) in [5, 5.41) is 3.46. The molecule has 0 aliphatic carbocycles. The van der Waals surface area contributed by atoms with E-state index < -0.39 is 0 Å². The minimum absolute atomic E-state index is 0. The number of halogens is 1. The van der Waals surface area contributed by atoms with Crippen molar-refractivity contribution in [3.05, 3.63) is 35.9 Å². The number of hydrogen-bond donors (Lipinski definition) is 2. The lowest BCUT2D eigenvalue weighted by Gasteiger charge is -2.18. The Kier molecular flexibility index (Phi) is 6.21. The van der Waals surface area contributed by atoms with E-state index in [4.69, 9.17) is 0 Å². The van der Waals surface area contributed by atoms with Crippen LogP contribution in [0.25, 0.3) is 0 Å². The Morgan fingerprint density at radius 1 is 1.23 bits per heavy atom. The number of nitrogens with one attached hydrogen (secondary N) is 1. The van der Waals surface area contributed by atoms with Gasteiger partial charge in [-0.1, -0.05) is 30.3 Å². The lowest BCUT2D eigenvalue weighted by molar-refractivity contribution is 0.600. The van der Waals surface area contributed by atoms with E-state index in [0.29, 0.717) is 6.04 Å². The molecule has 1 aromatic carbocycles. The highest BCUT2D eigenvalue weighted by molar-refractivity contribution is 7.80. The molecule has 0 heterocycles. The number of rotatable bonds is 3. The SMILES string of the molecule is CNC(C)C(S)c1ccccc1.Cl. The molecule has 13 heavy (non-hydrogen) atoms. The fourth-order valence-electron chi connectivity index (χ4n) is 1.10. The molecule has 1 rings (SSSR count). The van der Waals surface area contributed by atoms with Gasteiger partial charge >= 0.3 is 0 Å². The van der Waals surface area contributed by atoms with Gasteiger partial charge in [0.05, 0.1) is 0 Å². The van der Waals surface area contributed by atoms with Gasteiger partial charge in [0.2, 0.25) is 0 Å². The zero-order valence-electron chi connectivity index (χ0n) is 7.90. The van der Waals surface area contributed by atoms with Crippen molar-refractivity contribution in [1.29, 1.82) is 0 Å². The molecular weight excluding hydrogens is 202 g/mol. The third-order valence-corrected chi connectivity index (χ3v) is 2.82. The van der Waals surface area contributed by atoms with E-state index in [-0.39, 0.29) is 17.7 Å². The maximum absolute atomic E-state index is 4.53. The Hall–Kier alpha value is -0.180. The molecular formula is C10H16ClNS. The number of likely N-dealkylation sites (N-methyl/N-ethyl adjacent to an activating group) is 1. The zero-order chi connectivity index (χ0) is 8.97. The summed E-state index contributed by atoms with van der Waals surface area (Å²) in [4.78, 5) is 0. The summed E-state index contributed by atoms with van der Waals surface area (Å²) in [5.41, 5.74) is 1.27. The Morgan fingerprint density at radius 2 is 1.77 bits per heavy atom. The molecule has 3 heteroatoms. The van der Waals surface area contributed by atoms with Crippen LogP contribution in [-0.2, 0) is 0 Å². The first-order valence-corrected chi connectivity index (χ1v) is 4.67. The molecule has 0 amide bonds. The van der Waals surface area contributed by atoms with Gasteiger partial charge in [-0.3, -0.25) is 0 Å². The highest BCUT2D eigenvalue weighted by Crippen LogP contribution is 2.22. The van der Waals surface area contributed by atoms with Gasteiger partial charge < -0.3 is 5.32 Å². The summed E-state index contributed by atoms with van der Waals surface area (Å²) in [6.07, 6.45) is 0. The molecule has 1 aromatic rings. The molecule has 0 saturated heterocycles. The molecule has 0 radical (unpaired) electrons. The third-order valence-electron chi connectivity index (χ3n) is 2.07. The molecule has 1 N–H and O–H groups in total. The molecule has 2 atom stereocenters. The maximum atomic E-state index is 4.53. The van der Waals surface area contributed by atoms with Crippen molar-refractivity contribution < 1.29 is 0 Å². The quantitative estimate of drug-likeness (QED) is 0.742. The van der Waals surface area contributed by atoms with Gasteiger partial charge in [-0.2, -0.15) is 12.6 Å². The Morgan fingerprint density at radius 3 is 2.23 bits per heavy atom. The smallest absolute Gasteiger partial charge is 0.0417 e. The van der Waals surface area contributed by atoms with Crippen molar-refractivity contribution in [2.75, 3.05) is 7.05 Å². The lowest BCUT2D eigenvalue weighted by atomic mass is 10.1. The van der Waals surface area contributed by atoms with E-state index >= 15 is 0 Å². The van der Waals surface area contributed by atoms with Gasteiger partial charge in [0, 0.05) is 11.3 Å². The normalized spacial score (nSPS) is 14.4. The highest BCUT2D eigenvalue weighted by atomic mass is 35.5. The molecule has 0 aliphatic rings. The van der Waals surface area contributed by atoms with E-state index in [9.17, 15) is 0 Å². The summed E-state index contributed by atoms with van der Waals surface area (Å²) in [6, 6.07) is 10.7. The summed E-state index contributed by atoms with van der Waals surface area (Å²) in [6.45, 7) is 2.13. The van der Waals surface area contributed by atoms with Crippen LogP contribution in [0.3, 0.4) is 0 Å². The molecule has 1 nitrogen and oxygen atoms in total. The van der Waals surface area contributed by atoms with Crippen LogP contribution in [0.1, 0.15) is 17.7 Å². The minimum atomic E-state index is 0. The minimum Gasteiger partial charge on any atom is -0.316 e. The average Bonchev–Trinajstić information content (AvgIpc) is 2.17. The summed E-state index contributed by atoms with van der Waals surface area (Å²) in [7, 11) is 1.96. The number of hydrogen-bond acceptors (Lipinski definition) is 2. The Bertz CT molecular complexity index is 228. The summed E-state index contributed by atoms with van der Waals surface area (Å²) in [5.74, 6) is 0. The monoisotopic (exact) mass is 217 g/mol. The van der Waals surface area contributed by atoms with Crippen molar-refractivity contribution in [3.8, 4) is 0 Å². The second kappa shape index (κ2) is 6.30. The first-order valence-electron chi connectivity index (χ1n) is 4.16. The van der Waals surface area contributed by atoms with Crippen LogP contribution < -0.4 is 5.32 Å². The van der Waals surface area contributed by atoms with Crippen molar-refractivity contribution in [2.45, 2.75) is 18.2 Å². The van der Waals surface area contributed by atoms with Crippen LogP contribution in [0.5, 0.6) is 0 Å². The second-order valence-electron chi connectivity index (χ2n) is 2.93. The fraction of sp³-hybridized carbons (Fsp3) is 0.400. The van der Waals surface area contributed by atoms with E-state index in [1.165, 1.54) is 5.56 Å². The molecule has 2 unspecified atom stereocenters. The molecule has 0 spiro atoms. The van der Waals surface area contributed by atoms with Crippen molar-refractivity contribution in [1.82, 2.24) is 5.32 Å². The van der Waals surface area contributed by atoms with Gasteiger partial charge in [-0.25, -0.2) is 0 Å². The Labute approximate surface area is 91.7 Å². The topological polar surface area (TPSA) is 12.0 Å². The molecule has 0 aromatic heterocycles. The van der Waals surface area contributed by atoms with E-state index in [1.807, 2.05) is 25.2 Å². The molecule has 0 fully saturated rings. The van der Waals surface area contributed by atoms with Crippen LogP contribution in [-0.4, -0.2) is 13.1 Å². The molecule has 0 bridgehead atoms. The van der Waals surface area contributed by atoms with Gasteiger partial charge in [-0.05, 0) is 19.5 Å². The summed E-state index contributed by atoms with van der Waals surface area (Å²) < 4.78 is 0. The molecule has 0 saturated carbocycles. The fourth-order valence-corrected chi connectivity index (χ4v) is 1.42. The van der Waals surface area contributed by atoms with Gasteiger partial charge in [0.25, 0.3) is 0 Å². The largest absolute Gasteiger partial charge is 0.316 e. The highest BCUT2D eigenvalue weighted by Gasteiger charge is 2.11. The third kappa shape index (κ3) is 3.59. The first-order chi connectivity index (χ1) is 5.75.